The molecule has 4 fully saturated rings. The summed E-state index contributed by atoms with van der Waals surface area (Å²) in [6.45, 7) is 2.38. The Morgan fingerprint density at radius 2 is 1.41 bits per heavy atom. The van der Waals surface area contributed by atoms with Crippen LogP contribution in [-0.4, -0.2) is 71.9 Å². The molecule has 6 atom stereocenters. The Labute approximate surface area is 313 Å². The first-order chi connectivity index (χ1) is 25.7. The number of phenolic OH excluding ortho intramolecular Hbond substituents is 1. The summed E-state index contributed by atoms with van der Waals surface area (Å²) in [6.07, 6.45) is 0.813. The molecule has 10 nitrogen and oxygen atoms in total. The number of halogens is 7. The van der Waals surface area contributed by atoms with Crippen molar-refractivity contribution in [2.45, 2.75) is 28.5 Å². The zero-order valence-corrected chi connectivity index (χ0v) is 29.6. The van der Waals surface area contributed by atoms with Crippen LogP contribution in [0, 0.1) is 46.8 Å². The number of imide groups is 2. The number of benzene rings is 3. The van der Waals surface area contributed by atoms with Gasteiger partial charge in [-0.05, 0) is 61.2 Å². The molecule has 17 heteroatoms. The third kappa shape index (κ3) is 4.80. The van der Waals surface area contributed by atoms with E-state index in [1.165, 1.54) is 25.3 Å². The highest BCUT2D eigenvalue weighted by molar-refractivity contribution is 6.58. The molecule has 3 saturated heterocycles. The first-order valence-corrected chi connectivity index (χ1v) is 17.6. The Morgan fingerprint density at radius 3 is 2.04 bits per heavy atom. The zero-order chi connectivity index (χ0) is 38.6. The Balaban J connectivity index is 1.26. The Kier molecular flexibility index (Phi) is 8.51. The number of amides is 4. The summed E-state index contributed by atoms with van der Waals surface area (Å²) in [6, 6.07) is 10.6. The van der Waals surface area contributed by atoms with Crippen LogP contribution in [0.3, 0.4) is 0 Å². The predicted molar refractivity (Wildman–Crippen MR) is 183 cm³/mol. The quantitative estimate of drug-likeness (QED) is 0.0875. The molecule has 0 bridgehead atoms. The monoisotopic (exact) mass is 791 g/mol. The van der Waals surface area contributed by atoms with Crippen molar-refractivity contribution >= 4 is 63.9 Å². The number of methoxy groups -OCH3 is 1. The lowest BCUT2D eigenvalue weighted by atomic mass is 9.56. The van der Waals surface area contributed by atoms with E-state index in [0.717, 1.165) is 10.6 Å². The average molecular weight is 793 g/mol. The summed E-state index contributed by atoms with van der Waals surface area (Å²) in [5.41, 5.74) is -0.736. The maximum atomic E-state index is 15.3. The van der Waals surface area contributed by atoms with Gasteiger partial charge in [0.25, 0.3) is 11.8 Å². The van der Waals surface area contributed by atoms with Gasteiger partial charge in [-0.1, -0.05) is 11.6 Å². The number of phenols is 1. The molecule has 3 aromatic carbocycles. The van der Waals surface area contributed by atoms with Crippen molar-refractivity contribution in [1.29, 1.82) is 0 Å². The number of aromatic hydroxyl groups is 1. The minimum atomic E-state index is -2.79. The molecule has 8 rings (SSSR count). The summed E-state index contributed by atoms with van der Waals surface area (Å²) >= 11 is 14.3. The van der Waals surface area contributed by atoms with Crippen LogP contribution in [0.5, 0.6) is 11.5 Å². The van der Waals surface area contributed by atoms with Gasteiger partial charge in [0.15, 0.2) is 33.0 Å². The summed E-state index contributed by atoms with van der Waals surface area (Å²) in [7, 11) is 1.30. The van der Waals surface area contributed by atoms with Crippen molar-refractivity contribution < 1.29 is 55.7 Å². The van der Waals surface area contributed by atoms with Crippen LogP contribution < -0.4 is 19.4 Å². The van der Waals surface area contributed by atoms with Crippen molar-refractivity contribution in [3.8, 4) is 11.5 Å². The molecular formula is C37H28Cl2F5N3O7. The van der Waals surface area contributed by atoms with Gasteiger partial charge in [-0.15, -0.1) is 23.2 Å². The highest BCUT2D eigenvalue weighted by Crippen LogP contribution is 2.67. The van der Waals surface area contributed by atoms with E-state index in [0.29, 0.717) is 26.3 Å². The average Bonchev–Trinajstić information content (AvgIpc) is 3.51. The van der Waals surface area contributed by atoms with Gasteiger partial charge in [-0.25, -0.2) is 26.9 Å². The number of fused-ring (bicyclic) bond motifs is 4. The molecule has 1 saturated carbocycles. The maximum absolute atomic E-state index is 15.3. The number of hydrogen-bond donors (Lipinski definition) is 1. The van der Waals surface area contributed by atoms with Crippen LogP contribution in [0.1, 0.15) is 24.3 Å². The van der Waals surface area contributed by atoms with E-state index in [-0.39, 0.29) is 33.9 Å². The van der Waals surface area contributed by atoms with E-state index >= 15 is 8.78 Å². The molecule has 3 heterocycles. The minimum Gasteiger partial charge on any atom is -0.508 e. The first-order valence-electron chi connectivity index (χ1n) is 16.8. The Hall–Kier alpha value is -4.73. The molecular weight excluding hydrogens is 764 g/mol. The summed E-state index contributed by atoms with van der Waals surface area (Å²) in [5, 5.41) is 11.2. The van der Waals surface area contributed by atoms with Gasteiger partial charge in [0.2, 0.25) is 17.6 Å². The van der Waals surface area contributed by atoms with Gasteiger partial charge < -0.3 is 19.5 Å². The SMILES string of the molecule is COc1ccc(O)c([C@H]2C3=CC[C@@H]4C(=O)N(c5ccc(N6CCOCC6)cc5)C(=O)[C@@H]4[C@@H]3C[C@@]3(Cl)C(=O)N(c4c(F)c(F)c(F)c(F)c4F)C(=O)[C@@]23Cl)c1. The van der Waals surface area contributed by atoms with Crippen molar-refractivity contribution in [2.24, 2.45) is 17.8 Å². The first kappa shape index (κ1) is 36.3. The molecule has 0 spiro atoms. The fraction of sp³-hybridized carbons (Fsp3) is 0.351. The third-order valence-electron chi connectivity index (χ3n) is 11.3. The van der Waals surface area contributed by atoms with Crippen molar-refractivity contribution in [1.82, 2.24) is 0 Å². The second-order valence-electron chi connectivity index (χ2n) is 13.7. The number of nitrogens with zero attached hydrogens (tertiary/aromatic N) is 3. The topological polar surface area (TPSA) is 117 Å². The molecule has 5 aliphatic rings. The van der Waals surface area contributed by atoms with Crippen LogP contribution in [0.25, 0.3) is 0 Å². The number of carbonyl (C=O) groups is 4. The van der Waals surface area contributed by atoms with Crippen molar-refractivity contribution in [2.75, 3.05) is 48.1 Å². The number of ether oxygens (including phenoxy) is 2. The fourth-order valence-corrected chi connectivity index (χ4v) is 9.62. The molecule has 1 N–H and O–H groups in total. The second kappa shape index (κ2) is 12.7. The number of carbonyl (C=O) groups excluding carboxylic acids is 4. The van der Waals surface area contributed by atoms with Crippen LogP contribution in [-0.2, 0) is 23.9 Å². The minimum absolute atomic E-state index is 0.0591. The highest BCUT2D eigenvalue weighted by atomic mass is 35.5. The smallest absolute Gasteiger partial charge is 0.258 e. The summed E-state index contributed by atoms with van der Waals surface area (Å²) in [5.74, 6) is -22.2. The van der Waals surface area contributed by atoms with E-state index in [9.17, 15) is 37.5 Å². The second-order valence-corrected chi connectivity index (χ2v) is 15.0. The Morgan fingerprint density at radius 1 is 0.796 bits per heavy atom. The molecule has 0 aromatic heterocycles. The number of rotatable bonds is 5. The number of anilines is 3. The van der Waals surface area contributed by atoms with Gasteiger partial charge in [0.1, 0.15) is 17.2 Å². The summed E-state index contributed by atoms with van der Waals surface area (Å²) < 4.78 is 84.4. The fourth-order valence-electron chi connectivity index (χ4n) is 8.69. The molecule has 3 aromatic rings. The zero-order valence-electron chi connectivity index (χ0n) is 28.1. The highest BCUT2D eigenvalue weighted by Gasteiger charge is 2.77. The van der Waals surface area contributed by atoms with Crippen LogP contribution in [0.2, 0.25) is 0 Å². The van der Waals surface area contributed by atoms with E-state index < -0.39 is 104 Å². The number of hydrogen-bond acceptors (Lipinski definition) is 8. The molecule has 3 aliphatic heterocycles. The molecule has 4 amide bonds. The standard InChI is InChI=1S/C37H28Cl2F5N3O7/c1-53-18-6-9-23(48)21(14-18)25-19-7-8-20-24(33(50)46(32(20)49)17-4-2-16(3-5-17)45-10-12-54-13-11-45)22(19)15-36(38)34(51)47(35(52)37(25,36)39)31-29(43)27(41)26(40)28(42)30(31)44/h2-7,9,14,20,22,24-25,48H,8,10-13,15H2,1H3/t20-,22+,24-,25+,36+,37-/m0/s1. The predicted octanol–water partition coefficient (Wildman–Crippen LogP) is 5.70. The molecule has 0 radical (unpaired) electrons. The van der Waals surface area contributed by atoms with Gasteiger partial charge in [0.05, 0.1) is 37.8 Å². The van der Waals surface area contributed by atoms with Crippen LogP contribution in [0.15, 0.2) is 54.1 Å². The number of morpholine rings is 1. The molecule has 0 unspecified atom stereocenters. The van der Waals surface area contributed by atoms with Crippen molar-refractivity contribution in [3.05, 3.63) is 88.8 Å². The lowest BCUT2D eigenvalue weighted by Crippen LogP contribution is -2.60. The largest absolute Gasteiger partial charge is 0.508 e. The van der Waals surface area contributed by atoms with Gasteiger partial charge in [-0.3, -0.25) is 24.1 Å². The number of allylic oxidation sites excluding steroid dienone is 2. The molecule has 54 heavy (non-hydrogen) atoms. The van der Waals surface area contributed by atoms with Gasteiger partial charge >= 0.3 is 0 Å². The van der Waals surface area contributed by atoms with E-state index in [4.69, 9.17) is 32.7 Å². The lowest BCUT2D eigenvalue weighted by Gasteiger charge is -2.50. The van der Waals surface area contributed by atoms with Crippen molar-refractivity contribution in [3.63, 3.8) is 0 Å². The molecule has 2 aliphatic carbocycles. The van der Waals surface area contributed by atoms with Crippen LogP contribution >= 0.6 is 23.2 Å². The van der Waals surface area contributed by atoms with Gasteiger partial charge in [0, 0.05) is 30.3 Å². The Bertz CT molecular complexity index is 2170. The lowest BCUT2D eigenvalue weighted by molar-refractivity contribution is -0.125. The van der Waals surface area contributed by atoms with E-state index in [1.807, 2.05) is 0 Å². The third-order valence-corrected chi connectivity index (χ3v) is 12.7. The van der Waals surface area contributed by atoms with Crippen LogP contribution in [0.4, 0.5) is 39.0 Å². The van der Waals surface area contributed by atoms with E-state index in [1.54, 1.807) is 30.3 Å². The maximum Gasteiger partial charge on any atom is 0.258 e. The molecule has 282 valence electrons. The normalized spacial score (nSPS) is 29.3. The summed E-state index contributed by atoms with van der Waals surface area (Å²) in [4.78, 5) is 54.6. The number of alkyl halides is 2. The van der Waals surface area contributed by atoms with Gasteiger partial charge in [-0.2, -0.15) is 0 Å². The van der Waals surface area contributed by atoms with E-state index in [2.05, 4.69) is 4.90 Å².